The highest BCUT2D eigenvalue weighted by Crippen LogP contribution is 2.31. The van der Waals surface area contributed by atoms with Gasteiger partial charge in [-0.05, 0) is 67.6 Å². The lowest BCUT2D eigenvalue weighted by Gasteiger charge is -2.10. The van der Waals surface area contributed by atoms with Gasteiger partial charge < -0.3 is 15.2 Å². The molecule has 0 atom stereocenters. The zero-order valence-electron chi connectivity index (χ0n) is 21.3. The number of nitrogen functional groups attached to an aromatic ring is 1. The van der Waals surface area contributed by atoms with Crippen LogP contribution in [0, 0.1) is 0 Å². The van der Waals surface area contributed by atoms with Crippen LogP contribution in [0.2, 0.25) is 0 Å². The molecule has 0 amide bonds. The predicted octanol–water partition coefficient (Wildman–Crippen LogP) is 6.10. The molecule has 0 aliphatic carbocycles. The number of benzene rings is 3. The Morgan fingerprint density at radius 3 is 2.59 bits per heavy atom. The van der Waals surface area contributed by atoms with Crippen LogP contribution in [0.5, 0.6) is 5.75 Å². The van der Waals surface area contributed by atoms with E-state index in [0.29, 0.717) is 18.2 Å². The smallest absolute Gasteiger partial charge is 0.310 e. The minimum absolute atomic E-state index is 0.164. The number of hydrogen-bond acceptors (Lipinski definition) is 6. The summed E-state index contributed by atoms with van der Waals surface area (Å²) >= 11 is 0. The average Bonchev–Trinajstić information content (AvgIpc) is 3.26. The maximum absolute atomic E-state index is 12.1. The molecule has 2 aromatic heterocycles. The number of aromatic nitrogens is 3. The van der Waals surface area contributed by atoms with Crippen LogP contribution in [0.1, 0.15) is 38.1 Å². The van der Waals surface area contributed by atoms with Crippen molar-refractivity contribution in [3.63, 3.8) is 0 Å². The van der Waals surface area contributed by atoms with Gasteiger partial charge in [-0.1, -0.05) is 36.4 Å². The van der Waals surface area contributed by atoms with Crippen LogP contribution in [-0.4, -0.2) is 27.3 Å². The lowest BCUT2D eigenvalue weighted by Crippen LogP contribution is -2.09. The molecule has 0 saturated carbocycles. The monoisotopic (exact) mass is 494 g/mol. The van der Waals surface area contributed by atoms with Crippen molar-refractivity contribution in [1.29, 1.82) is 0 Å². The number of hydrogen-bond donors (Lipinski definition) is 1. The van der Waals surface area contributed by atoms with E-state index >= 15 is 0 Å². The molecule has 0 bridgehead atoms. The summed E-state index contributed by atoms with van der Waals surface area (Å²) in [5.74, 6) is 0.908. The molecule has 188 valence electrons. The molecule has 7 nitrogen and oxygen atoms in total. The molecular formula is C30H30N4O3. The highest BCUT2D eigenvalue weighted by atomic mass is 16.5. The first kappa shape index (κ1) is 24.3. The van der Waals surface area contributed by atoms with Crippen LogP contribution in [0.4, 0.5) is 5.82 Å². The second-order valence-electron chi connectivity index (χ2n) is 9.23. The number of carbonyl (C=O) groups excluding carboxylic acids is 1. The largest absolute Gasteiger partial charge is 0.487 e. The van der Waals surface area contributed by atoms with Gasteiger partial charge in [-0.25, -0.2) is 4.98 Å². The minimum atomic E-state index is -0.273. The summed E-state index contributed by atoms with van der Waals surface area (Å²) in [6, 6.07) is 22.3. The van der Waals surface area contributed by atoms with E-state index in [1.165, 1.54) is 0 Å². The fraction of sp³-hybridized carbons (Fsp3) is 0.233. The molecule has 3 aromatic carbocycles. The van der Waals surface area contributed by atoms with Gasteiger partial charge in [-0.3, -0.25) is 9.48 Å². The van der Waals surface area contributed by atoms with Gasteiger partial charge in [0.05, 0.1) is 18.5 Å². The number of fused-ring (bicyclic) bond motifs is 2. The molecule has 0 radical (unpaired) electrons. The summed E-state index contributed by atoms with van der Waals surface area (Å²) in [5.41, 5.74) is 10.9. The SMILES string of the molecule is CCOC(=O)Cc1ccccc1OCc1nn(C(C)C)c2ccc(-c3ccc4c(N)nccc4c3)cc12. The highest BCUT2D eigenvalue weighted by molar-refractivity contribution is 5.95. The Hall–Kier alpha value is -4.39. The van der Waals surface area contributed by atoms with E-state index in [9.17, 15) is 4.79 Å². The van der Waals surface area contributed by atoms with Crippen LogP contribution >= 0.6 is 0 Å². The number of nitrogens with two attached hydrogens (primary N) is 1. The number of para-hydroxylation sites is 1. The van der Waals surface area contributed by atoms with Crippen LogP contribution in [0.15, 0.2) is 72.9 Å². The van der Waals surface area contributed by atoms with Crippen molar-refractivity contribution in [3.05, 3.63) is 84.2 Å². The van der Waals surface area contributed by atoms with Crippen LogP contribution in [0.3, 0.4) is 0 Å². The third-order valence-electron chi connectivity index (χ3n) is 6.38. The number of ether oxygens (including phenoxy) is 2. The van der Waals surface area contributed by atoms with Gasteiger partial charge in [-0.2, -0.15) is 5.10 Å². The Morgan fingerprint density at radius 1 is 1.00 bits per heavy atom. The van der Waals surface area contributed by atoms with Crippen LogP contribution in [-0.2, 0) is 22.6 Å². The van der Waals surface area contributed by atoms with Crippen molar-refractivity contribution in [2.24, 2.45) is 0 Å². The summed E-state index contributed by atoms with van der Waals surface area (Å²) in [7, 11) is 0. The van der Waals surface area contributed by atoms with Crippen LogP contribution < -0.4 is 10.5 Å². The van der Waals surface area contributed by atoms with Gasteiger partial charge in [0.25, 0.3) is 0 Å². The maximum Gasteiger partial charge on any atom is 0.310 e. The van der Waals surface area contributed by atoms with E-state index in [2.05, 4.69) is 49.2 Å². The highest BCUT2D eigenvalue weighted by Gasteiger charge is 2.16. The van der Waals surface area contributed by atoms with E-state index in [4.69, 9.17) is 20.3 Å². The molecule has 0 fully saturated rings. The Balaban J connectivity index is 1.49. The lowest BCUT2D eigenvalue weighted by atomic mass is 10.00. The number of esters is 1. The molecule has 5 aromatic rings. The molecule has 0 saturated heterocycles. The summed E-state index contributed by atoms with van der Waals surface area (Å²) < 4.78 is 13.4. The number of carbonyl (C=O) groups is 1. The van der Waals surface area contributed by atoms with Gasteiger partial charge in [0.1, 0.15) is 23.9 Å². The third kappa shape index (κ3) is 4.98. The molecule has 0 aliphatic heterocycles. The first-order valence-corrected chi connectivity index (χ1v) is 12.5. The van der Waals surface area contributed by atoms with Gasteiger partial charge in [0.2, 0.25) is 0 Å². The van der Waals surface area contributed by atoms with Gasteiger partial charge in [0.15, 0.2) is 0 Å². The number of nitrogens with zero attached hydrogens (tertiary/aromatic N) is 3. The molecule has 0 spiro atoms. The normalized spacial score (nSPS) is 11.4. The van der Waals surface area contributed by atoms with Crippen molar-refractivity contribution >= 4 is 33.5 Å². The maximum atomic E-state index is 12.1. The first-order chi connectivity index (χ1) is 17.9. The summed E-state index contributed by atoms with van der Waals surface area (Å²) in [5, 5.41) is 7.91. The van der Waals surface area contributed by atoms with Crippen LogP contribution in [0.25, 0.3) is 32.8 Å². The topological polar surface area (TPSA) is 92.3 Å². The van der Waals surface area contributed by atoms with Crippen molar-refractivity contribution in [1.82, 2.24) is 14.8 Å². The van der Waals surface area contributed by atoms with E-state index < -0.39 is 0 Å². The van der Waals surface area contributed by atoms with Gasteiger partial charge >= 0.3 is 5.97 Å². The fourth-order valence-electron chi connectivity index (χ4n) is 4.57. The Bertz CT molecular complexity index is 1590. The van der Waals surface area contributed by atoms with E-state index in [-0.39, 0.29) is 25.0 Å². The minimum Gasteiger partial charge on any atom is -0.487 e. The number of pyridine rings is 1. The molecule has 0 aliphatic rings. The fourth-order valence-corrected chi connectivity index (χ4v) is 4.57. The molecule has 0 unspecified atom stereocenters. The van der Waals surface area contributed by atoms with Crippen molar-refractivity contribution in [3.8, 4) is 16.9 Å². The summed E-state index contributed by atoms with van der Waals surface area (Å²) in [4.78, 5) is 16.2. The van der Waals surface area contributed by atoms with Crippen molar-refractivity contribution in [2.75, 3.05) is 12.3 Å². The van der Waals surface area contributed by atoms with Gasteiger partial charge in [-0.15, -0.1) is 0 Å². The zero-order valence-corrected chi connectivity index (χ0v) is 21.3. The lowest BCUT2D eigenvalue weighted by molar-refractivity contribution is -0.142. The van der Waals surface area contributed by atoms with E-state index in [1.807, 2.05) is 41.1 Å². The van der Waals surface area contributed by atoms with Crippen molar-refractivity contribution in [2.45, 2.75) is 39.8 Å². The standard InChI is InChI=1S/C30H30N4O3/c1-4-36-29(35)17-23-7-5-6-8-28(23)37-18-26-25-16-21(10-12-27(25)34(33-26)19(2)3)20-9-11-24-22(15-20)13-14-32-30(24)31/h5-16,19H,4,17-18H2,1-3H3,(H2,31,32). The van der Waals surface area contributed by atoms with E-state index in [0.717, 1.165) is 44.1 Å². The molecule has 37 heavy (non-hydrogen) atoms. The molecule has 2 heterocycles. The van der Waals surface area contributed by atoms with Crippen molar-refractivity contribution < 1.29 is 14.3 Å². The van der Waals surface area contributed by atoms with E-state index in [1.54, 1.807) is 13.1 Å². The number of rotatable bonds is 8. The quantitative estimate of drug-likeness (QED) is 0.262. The van der Waals surface area contributed by atoms with Gasteiger partial charge in [0, 0.05) is 28.6 Å². The Kier molecular flexibility index (Phi) is 6.77. The average molecular weight is 495 g/mol. The summed E-state index contributed by atoms with van der Waals surface area (Å²) in [6.45, 7) is 6.65. The number of anilines is 1. The molecule has 7 heteroatoms. The third-order valence-corrected chi connectivity index (χ3v) is 6.38. The second kappa shape index (κ2) is 10.3. The molecule has 2 N–H and O–H groups in total. The molecular weight excluding hydrogens is 464 g/mol. The predicted molar refractivity (Wildman–Crippen MR) is 146 cm³/mol. The summed E-state index contributed by atoms with van der Waals surface area (Å²) in [6.07, 6.45) is 1.89. The zero-order chi connectivity index (χ0) is 25.9. The second-order valence-corrected chi connectivity index (χ2v) is 9.23. The Labute approximate surface area is 215 Å². The Morgan fingerprint density at radius 2 is 1.78 bits per heavy atom. The first-order valence-electron chi connectivity index (χ1n) is 12.5. The molecule has 5 rings (SSSR count).